The Morgan fingerprint density at radius 2 is 1.80 bits per heavy atom. The monoisotopic (exact) mass is 571 g/mol. The summed E-state index contributed by atoms with van der Waals surface area (Å²) in [7, 11) is 1.63. The van der Waals surface area contributed by atoms with E-state index in [-0.39, 0.29) is 16.9 Å². The number of sulfonamides is 1. The zero-order valence-electron chi connectivity index (χ0n) is 23.7. The van der Waals surface area contributed by atoms with Crippen LogP contribution in [0.4, 0.5) is 11.6 Å². The summed E-state index contributed by atoms with van der Waals surface area (Å²) >= 11 is 0. The van der Waals surface area contributed by atoms with Crippen LogP contribution < -0.4 is 14.4 Å². The van der Waals surface area contributed by atoms with Gasteiger partial charge < -0.3 is 19.1 Å². The van der Waals surface area contributed by atoms with Crippen molar-refractivity contribution in [3.63, 3.8) is 0 Å². The highest BCUT2D eigenvalue weighted by molar-refractivity contribution is 7.92. The molecule has 2 heterocycles. The van der Waals surface area contributed by atoms with Crippen molar-refractivity contribution in [2.24, 2.45) is 4.99 Å². The van der Waals surface area contributed by atoms with E-state index in [1.165, 1.54) is 0 Å². The molecule has 212 valence electrons. The minimum absolute atomic E-state index is 0.110. The van der Waals surface area contributed by atoms with Crippen molar-refractivity contribution in [2.45, 2.75) is 31.5 Å². The summed E-state index contributed by atoms with van der Waals surface area (Å²) < 4.78 is 40.5. The van der Waals surface area contributed by atoms with Gasteiger partial charge in [-0.15, -0.1) is 0 Å². The van der Waals surface area contributed by atoms with Gasteiger partial charge in [0.05, 0.1) is 17.7 Å². The molecule has 3 aromatic carbocycles. The molecule has 10 heteroatoms. The van der Waals surface area contributed by atoms with E-state index >= 15 is 0 Å². The van der Waals surface area contributed by atoms with E-state index in [0.29, 0.717) is 23.4 Å². The molecular formula is C31H33N5O4S. The molecule has 0 saturated heterocycles. The highest BCUT2D eigenvalue weighted by atomic mass is 32.2. The number of aliphatic imine (C=N–C) groups is 1. The molecule has 1 aliphatic rings. The predicted molar refractivity (Wildman–Crippen MR) is 162 cm³/mol. The van der Waals surface area contributed by atoms with Crippen LogP contribution in [0.5, 0.6) is 5.75 Å². The van der Waals surface area contributed by atoms with E-state index in [0.717, 1.165) is 28.1 Å². The lowest BCUT2D eigenvalue weighted by Gasteiger charge is -2.28. The fourth-order valence-corrected chi connectivity index (χ4v) is 6.05. The number of hydrogen-bond donors (Lipinski definition) is 1. The van der Waals surface area contributed by atoms with Crippen molar-refractivity contribution in [3.8, 4) is 16.9 Å². The topological polar surface area (TPSA) is 100 Å². The summed E-state index contributed by atoms with van der Waals surface area (Å²) in [4.78, 5) is 8.96. The van der Waals surface area contributed by atoms with Crippen molar-refractivity contribution in [1.29, 1.82) is 0 Å². The molecule has 0 spiro atoms. The summed E-state index contributed by atoms with van der Waals surface area (Å²) in [6.45, 7) is 4.05. The van der Waals surface area contributed by atoms with Crippen LogP contribution in [0, 0.1) is 13.8 Å². The molecule has 1 N–H and O–H groups in total. The molecule has 1 unspecified atom stereocenters. The van der Waals surface area contributed by atoms with Crippen LogP contribution in [-0.2, 0) is 16.6 Å². The third-order valence-corrected chi connectivity index (χ3v) is 8.61. The smallest absolute Gasteiger partial charge is 0.264 e. The highest BCUT2D eigenvalue weighted by Crippen LogP contribution is 2.35. The summed E-state index contributed by atoms with van der Waals surface area (Å²) in [6.07, 6.45) is 5.49. The maximum absolute atomic E-state index is 13.7. The first-order valence-corrected chi connectivity index (χ1v) is 14.6. The van der Waals surface area contributed by atoms with E-state index < -0.39 is 10.0 Å². The third-order valence-electron chi connectivity index (χ3n) is 7.22. The number of aryl methyl sites for hydroxylation is 1. The van der Waals surface area contributed by atoms with Crippen molar-refractivity contribution in [3.05, 3.63) is 101 Å². The fraction of sp³-hybridized carbons (Fsp3) is 0.226. The molecule has 1 aliphatic heterocycles. The van der Waals surface area contributed by atoms with Crippen molar-refractivity contribution >= 4 is 27.8 Å². The van der Waals surface area contributed by atoms with Crippen LogP contribution >= 0.6 is 0 Å². The van der Waals surface area contributed by atoms with Crippen LogP contribution in [0.2, 0.25) is 0 Å². The Hall–Kier alpha value is -4.57. The van der Waals surface area contributed by atoms with Crippen LogP contribution in [0.3, 0.4) is 0 Å². The van der Waals surface area contributed by atoms with E-state index in [4.69, 9.17) is 9.26 Å². The number of rotatable bonds is 9. The summed E-state index contributed by atoms with van der Waals surface area (Å²) in [6, 6.07) is 20.9. The first-order chi connectivity index (χ1) is 19.7. The average Bonchev–Trinajstić information content (AvgIpc) is 3.29. The Balaban J connectivity index is 1.58. The molecule has 1 aromatic heterocycles. The molecule has 4 aromatic rings. The van der Waals surface area contributed by atoms with Crippen LogP contribution in [0.1, 0.15) is 28.6 Å². The zero-order valence-corrected chi connectivity index (χ0v) is 24.5. The van der Waals surface area contributed by atoms with Gasteiger partial charge in [-0.05, 0) is 73.0 Å². The van der Waals surface area contributed by atoms with Gasteiger partial charge in [-0.1, -0.05) is 35.5 Å². The second kappa shape index (κ2) is 11.5. The van der Waals surface area contributed by atoms with Gasteiger partial charge in [0.15, 0.2) is 0 Å². The number of allylic oxidation sites excluding steroid dienone is 1. The quantitative estimate of drug-likeness (QED) is 0.266. The molecule has 9 nitrogen and oxygen atoms in total. The third kappa shape index (κ3) is 5.83. The second-order valence-electron chi connectivity index (χ2n) is 9.97. The Bertz CT molecular complexity index is 1710. The highest BCUT2D eigenvalue weighted by Gasteiger charge is 2.25. The molecule has 0 aliphatic carbocycles. The fourth-order valence-electron chi connectivity index (χ4n) is 4.78. The van der Waals surface area contributed by atoms with Crippen molar-refractivity contribution in [2.75, 3.05) is 30.8 Å². The van der Waals surface area contributed by atoms with Gasteiger partial charge in [0.1, 0.15) is 11.9 Å². The Morgan fingerprint density at radius 3 is 2.49 bits per heavy atom. The maximum Gasteiger partial charge on any atom is 0.264 e. The zero-order chi connectivity index (χ0) is 29.1. The van der Waals surface area contributed by atoms with Gasteiger partial charge in [-0.2, -0.15) is 0 Å². The lowest BCUT2D eigenvalue weighted by Crippen LogP contribution is -2.21. The van der Waals surface area contributed by atoms with Crippen LogP contribution in [0.15, 0.2) is 93.4 Å². The lowest BCUT2D eigenvalue weighted by molar-refractivity contribution is 0.345. The van der Waals surface area contributed by atoms with Gasteiger partial charge in [-0.3, -0.25) is 4.99 Å². The number of methoxy groups -OCH3 is 1. The molecule has 0 bridgehead atoms. The summed E-state index contributed by atoms with van der Waals surface area (Å²) in [5.74, 6) is 0.887. The number of ether oxygens (including phenoxy) is 1. The normalized spacial score (nSPS) is 14.8. The Labute approximate surface area is 240 Å². The van der Waals surface area contributed by atoms with Crippen molar-refractivity contribution < 1.29 is 17.7 Å². The predicted octanol–water partition coefficient (Wildman–Crippen LogP) is 5.93. The Kier molecular flexibility index (Phi) is 7.85. The number of hydrogen-bond acceptors (Lipinski definition) is 8. The second-order valence-corrected chi connectivity index (χ2v) is 11.6. The molecule has 1 atom stereocenters. The first kappa shape index (κ1) is 28.0. The number of nitrogens with one attached hydrogen (secondary N) is 1. The van der Waals surface area contributed by atoms with Gasteiger partial charge in [0.25, 0.3) is 10.0 Å². The summed E-state index contributed by atoms with van der Waals surface area (Å²) in [5.41, 5.74) is 5.60. The molecule has 0 radical (unpaired) electrons. The molecule has 5 rings (SSSR count). The minimum atomic E-state index is -4.00. The first-order valence-electron chi connectivity index (χ1n) is 13.1. The minimum Gasteiger partial charge on any atom is -0.497 e. The van der Waals surface area contributed by atoms with Gasteiger partial charge >= 0.3 is 0 Å². The molecular weight excluding hydrogens is 538 g/mol. The number of nitrogens with zero attached hydrogens (tertiary/aromatic N) is 4. The molecule has 0 saturated carbocycles. The number of benzene rings is 3. The van der Waals surface area contributed by atoms with E-state index in [1.54, 1.807) is 39.3 Å². The Morgan fingerprint density at radius 1 is 1.05 bits per heavy atom. The number of anilines is 2. The average molecular weight is 572 g/mol. The van der Waals surface area contributed by atoms with E-state index in [2.05, 4.69) is 25.8 Å². The largest absolute Gasteiger partial charge is 0.497 e. The SMILES string of the molecule is COc1ccc(N(C)Cc2cc(C3N=CC=CN3C)ccc2-c2ccccc2S(=O)(=O)Nc2onc(C)c2C)cc1. The van der Waals surface area contributed by atoms with Gasteiger partial charge in [0, 0.05) is 49.9 Å². The molecule has 0 amide bonds. The lowest BCUT2D eigenvalue weighted by atomic mass is 9.95. The van der Waals surface area contributed by atoms with Crippen molar-refractivity contribution in [1.82, 2.24) is 10.1 Å². The standard InChI is InChI=1S/C31H33N5O4S/c1-21-22(2)33-40-31(21)34-41(37,38)29-10-7-6-9-28(29)27-16-11-23(30-32-17-8-18-35(30)3)19-24(27)20-36(4)25-12-14-26(39-5)15-13-25/h6-19,30,34H,20H2,1-5H3. The number of aromatic nitrogens is 1. The summed E-state index contributed by atoms with van der Waals surface area (Å²) in [5, 5.41) is 3.89. The maximum atomic E-state index is 13.7. The van der Waals surface area contributed by atoms with Crippen LogP contribution in [0.25, 0.3) is 11.1 Å². The van der Waals surface area contributed by atoms with E-state index in [9.17, 15) is 8.42 Å². The van der Waals surface area contributed by atoms with Gasteiger partial charge in [0.2, 0.25) is 5.88 Å². The van der Waals surface area contributed by atoms with Gasteiger partial charge in [-0.25, -0.2) is 13.1 Å². The molecule has 0 fully saturated rings. The van der Waals surface area contributed by atoms with Crippen LogP contribution in [-0.4, -0.2) is 45.9 Å². The molecule has 41 heavy (non-hydrogen) atoms. The van der Waals surface area contributed by atoms with E-state index in [1.807, 2.05) is 79.8 Å².